The minimum atomic E-state index is -0.795. The van der Waals surface area contributed by atoms with Crippen LogP contribution in [0, 0.1) is 0 Å². The largest absolute Gasteiger partial charge is 0.385 e. The van der Waals surface area contributed by atoms with E-state index in [1.807, 2.05) is 31.2 Å². The van der Waals surface area contributed by atoms with Gasteiger partial charge in [-0.2, -0.15) is 4.98 Å². The Morgan fingerprint density at radius 1 is 1.31 bits per heavy atom. The highest BCUT2D eigenvalue weighted by molar-refractivity contribution is 6.30. The van der Waals surface area contributed by atoms with Crippen molar-refractivity contribution in [2.45, 2.75) is 76.5 Å². The Morgan fingerprint density at radius 2 is 2.00 bits per heavy atom. The first kappa shape index (κ1) is 19.3. The quantitative estimate of drug-likeness (QED) is 0.820. The van der Waals surface area contributed by atoms with Crippen molar-refractivity contribution in [3.63, 3.8) is 0 Å². The van der Waals surface area contributed by atoms with Crippen molar-refractivity contribution >= 4 is 11.6 Å². The molecule has 1 aliphatic carbocycles. The van der Waals surface area contributed by atoms with E-state index in [4.69, 9.17) is 16.1 Å². The Morgan fingerprint density at radius 3 is 2.58 bits per heavy atom. The van der Waals surface area contributed by atoms with Gasteiger partial charge in [-0.25, -0.2) is 0 Å². The van der Waals surface area contributed by atoms with E-state index in [0.717, 1.165) is 24.2 Å². The summed E-state index contributed by atoms with van der Waals surface area (Å²) < 4.78 is 5.43. The van der Waals surface area contributed by atoms with E-state index in [-0.39, 0.29) is 11.5 Å². The molecule has 6 heteroatoms. The van der Waals surface area contributed by atoms with Crippen LogP contribution in [-0.2, 0) is 11.0 Å². The van der Waals surface area contributed by atoms with Crippen molar-refractivity contribution in [3.8, 4) is 0 Å². The number of aliphatic hydroxyl groups is 1. The molecule has 26 heavy (non-hydrogen) atoms. The second kappa shape index (κ2) is 7.29. The van der Waals surface area contributed by atoms with Gasteiger partial charge in [-0.15, -0.1) is 0 Å². The summed E-state index contributed by atoms with van der Waals surface area (Å²) in [7, 11) is 0. The molecule has 1 atom stereocenters. The van der Waals surface area contributed by atoms with Gasteiger partial charge in [0.2, 0.25) is 5.89 Å². The van der Waals surface area contributed by atoms with Crippen molar-refractivity contribution < 1.29 is 9.63 Å². The summed E-state index contributed by atoms with van der Waals surface area (Å²) in [5, 5.41) is 19.3. The van der Waals surface area contributed by atoms with Crippen LogP contribution in [0.3, 0.4) is 0 Å². The molecule has 142 valence electrons. The van der Waals surface area contributed by atoms with Crippen LogP contribution >= 0.6 is 11.6 Å². The molecule has 5 nitrogen and oxygen atoms in total. The molecule has 0 saturated heterocycles. The molecule has 2 N–H and O–H groups in total. The number of nitrogens with zero attached hydrogens (tertiary/aromatic N) is 2. The number of aromatic nitrogens is 2. The predicted molar refractivity (Wildman–Crippen MR) is 102 cm³/mol. The lowest BCUT2D eigenvalue weighted by Gasteiger charge is -2.37. The lowest BCUT2D eigenvalue weighted by Crippen LogP contribution is -2.40. The molecule has 1 aromatic heterocycles. The van der Waals surface area contributed by atoms with Crippen LogP contribution in [0.15, 0.2) is 28.8 Å². The van der Waals surface area contributed by atoms with Crippen molar-refractivity contribution in [3.05, 3.63) is 46.6 Å². The van der Waals surface area contributed by atoms with Gasteiger partial charge in [0.15, 0.2) is 5.82 Å². The van der Waals surface area contributed by atoms with Crippen LogP contribution in [-0.4, -0.2) is 21.3 Å². The first-order chi connectivity index (χ1) is 12.2. The van der Waals surface area contributed by atoms with E-state index in [1.165, 1.54) is 0 Å². The summed E-state index contributed by atoms with van der Waals surface area (Å²) >= 11 is 6.08. The fourth-order valence-electron chi connectivity index (χ4n) is 3.47. The molecule has 0 amide bonds. The Hall–Kier alpha value is -1.43. The highest BCUT2D eigenvalue weighted by Gasteiger charge is 2.35. The number of benzene rings is 1. The van der Waals surface area contributed by atoms with Crippen LogP contribution in [0.1, 0.15) is 76.7 Å². The Labute approximate surface area is 160 Å². The van der Waals surface area contributed by atoms with Crippen molar-refractivity contribution in [2.75, 3.05) is 0 Å². The molecule has 1 unspecified atom stereocenters. The summed E-state index contributed by atoms with van der Waals surface area (Å²) in [4.78, 5) is 4.53. The van der Waals surface area contributed by atoms with Crippen LogP contribution < -0.4 is 5.32 Å². The first-order valence-corrected chi connectivity index (χ1v) is 9.64. The van der Waals surface area contributed by atoms with E-state index in [2.05, 4.69) is 36.2 Å². The Kier molecular flexibility index (Phi) is 5.42. The maximum Gasteiger partial charge on any atom is 0.243 e. The molecule has 3 rings (SSSR count). The van der Waals surface area contributed by atoms with Gasteiger partial charge in [0, 0.05) is 16.5 Å². The van der Waals surface area contributed by atoms with Crippen LogP contribution in [0.25, 0.3) is 0 Å². The number of rotatable bonds is 4. The molecular formula is C20H28ClN3O2. The van der Waals surface area contributed by atoms with E-state index >= 15 is 0 Å². The zero-order chi connectivity index (χ0) is 18.9. The van der Waals surface area contributed by atoms with Crippen LogP contribution in [0.5, 0.6) is 0 Å². The fourth-order valence-corrected chi connectivity index (χ4v) is 3.66. The van der Waals surface area contributed by atoms with Gasteiger partial charge in [-0.1, -0.05) is 49.7 Å². The zero-order valence-electron chi connectivity index (χ0n) is 15.9. The van der Waals surface area contributed by atoms with Crippen molar-refractivity contribution in [2.24, 2.45) is 0 Å². The molecule has 2 aromatic rings. The Balaban J connectivity index is 1.59. The van der Waals surface area contributed by atoms with Gasteiger partial charge >= 0.3 is 0 Å². The Bertz CT molecular complexity index is 746. The molecular weight excluding hydrogens is 350 g/mol. The van der Waals surface area contributed by atoms with Crippen LogP contribution in [0.4, 0.5) is 0 Å². The first-order valence-electron chi connectivity index (χ1n) is 9.26. The summed E-state index contributed by atoms with van der Waals surface area (Å²) in [6.07, 6.45) is 3.17. The van der Waals surface area contributed by atoms with Gasteiger partial charge in [0.25, 0.3) is 0 Å². The molecule has 0 spiro atoms. The molecule has 1 aromatic carbocycles. The average molecular weight is 378 g/mol. The molecule has 0 aliphatic heterocycles. The normalized spacial score (nSPS) is 25.2. The number of nitrogens with one attached hydrogen (secondary N) is 1. The van der Waals surface area contributed by atoms with Crippen molar-refractivity contribution in [1.29, 1.82) is 0 Å². The van der Waals surface area contributed by atoms with Gasteiger partial charge in [-0.05, 0) is 50.3 Å². The van der Waals surface area contributed by atoms with Gasteiger partial charge in [0.1, 0.15) is 0 Å². The van der Waals surface area contributed by atoms with Crippen LogP contribution in [0.2, 0.25) is 5.02 Å². The summed E-state index contributed by atoms with van der Waals surface area (Å²) in [6, 6.07) is 7.85. The highest BCUT2D eigenvalue weighted by Crippen LogP contribution is 2.38. The van der Waals surface area contributed by atoms with E-state index in [1.54, 1.807) is 0 Å². The summed E-state index contributed by atoms with van der Waals surface area (Å²) in [5.41, 5.74) is -0.0149. The maximum atomic E-state index is 11.0. The second-order valence-electron chi connectivity index (χ2n) is 8.41. The minimum Gasteiger partial charge on any atom is -0.385 e. The molecule has 0 bridgehead atoms. The van der Waals surface area contributed by atoms with Gasteiger partial charge in [-0.3, -0.25) is 0 Å². The number of hydrogen-bond donors (Lipinski definition) is 2. The van der Waals surface area contributed by atoms with Crippen molar-refractivity contribution in [1.82, 2.24) is 15.5 Å². The van der Waals surface area contributed by atoms with E-state index in [9.17, 15) is 5.11 Å². The lowest BCUT2D eigenvalue weighted by molar-refractivity contribution is -0.00952. The van der Waals surface area contributed by atoms with Gasteiger partial charge in [0.05, 0.1) is 11.6 Å². The zero-order valence-corrected chi connectivity index (χ0v) is 16.7. The molecule has 1 aliphatic rings. The fraction of sp³-hybridized carbons (Fsp3) is 0.600. The average Bonchev–Trinajstić information content (AvgIpc) is 3.08. The smallest absolute Gasteiger partial charge is 0.243 e. The number of hydrogen-bond acceptors (Lipinski definition) is 5. The minimum absolute atomic E-state index is 0.0130. The summed E-state index contributed by atoms with van der Waals surface area (Å²) in [5.74, 6) is 1.34. The summed E-state index contributed by atoms with van der Waals surface area (Å²) in [6.45, 7) is 8.24. The third-order valence-corrected chi connectivity index (χ3v) is 5.38. The predicted octanol–water partition coefficient (Wildman–Crippen LogP) is 4.50. The highest BCUT2D eigenvalue weighted by atomic mass is 35.5. The lowest BCUT2D eigenvalue weighted by atomic mass is 9.77. The standard InChI is InChI=1S/C20H28ClN3O2/c1-13(17-23-18(24-26-17)19(2,3)4)22-16-8-10-20(25,11-9-16)14-6-5-7-15(21)12-14/h5-7,12-13,16,22,25H,8-11H2,1-4H3. The topological polar surface area (TPSA) is 71.2 Å². The van der Waals surface area contributed by atoms with E-state index in [0.29, 0.717) is 29.8 Å². The third kappa shape index (κ3) is 4.27. The van der Waals surface area contributed by atoms with E-state index < -0.39 is 5.60 Å². The van der Waals surface area contributed by atoms with Gasteiger partial charge < -0.3 is 14.9 Å². The SMILES string of the molecule is CC(NC1CCC(O)(c2cccc(Cl)c2)CC1)c1nc(C(C)(C)C)no1. The molecule has 0 radical (unpaired) electrons. The molecule has 1 heterocycles. The number of halogens is 1. The molecule has 1 saturated carbocycles. The third-order valence-electron chi connectivity index (χ3n) is 5.14. The second-order valence-corrected chi connectivity index (χ2v) is 8.85. The molecule has 1 fully saturated rings. The monoisotopic (exact) mass is 377 g/mol. The maximum absolute atomic E-state index is 11.0.